The van der Waals surface area contributed by atoms with E-state index in [-0.39, 0.29) is 12.4 Å². The average Bonchev–Trinajstić information content (AvgIpc) is 2.47. The van der Waals surface area contributed by atoms with Gasteiger partial charge in [-0.15, -0.1) is 12.4 Å². The van der Waals surface area contributed by atoms with E-state index >= 15 is 0 Å². The molecule has 1 N–H and O–H groups in total. The number of halogens is 1. The maximum Gasteiger partial charge on any atom is 0.00786 e. The van der Waals surface area contributed by atoms with Crippen molar-refractivity contribution in [2.75, 3.05) is 12.3 Å². The number of unbranched alkanes of at least 4 members (excludes halogenated alkanes) is 13. The fourth-order valence-corrected chi connectivity index (χ4v) is 3.24. The molecule has 0 heterocycles. The molecule has 0 saturated carbocycles. The standard InChI is InChI=1S/C18H39NS.ClH/c1-3-5-6-7-8-9-10-11-12-13-14-15-16-17-18-20-19-4-2;/h19H,3-18H2,1-2H3;1H. The van der Waals surface area contributed by atoms with E-state index in [2.05, 4.69) is 18.6 Å². The molecule has 0 aromatic rings. The van der Waals surface area contributed by atoms with Crippen molar-refractivity contribution in [2.24, 2.45) is 0 Å². The van der Waals surface area contributed by atoms with Crippen molar-refractivity contribution in [3.8, 4) is 0 Å². The lowest BCUT2D eigenvalue weighted by atomic mass is 10.0. The molecule has 0 aliphatic rings. The second-order valence-corrected chi connectivity index (χ2v) is 6.93. The zero-order valence-electron chi connectivity index (χ0n) is 14.6. The minimum Gasteiger partial charge on any atom is -0.264 e. The molecule has 0 unspecified atom stereocenters. The molecule has 0 atom stereocenters. The van der Waals surface area contributed by atoms with E-state index in [4.69, 9.17) is 0 Å². The highest BCUT2D eigenvalue weighted by Crippen LogP contribution is 2.13. The lowest BCUT2D eigenvalue weighted by Crippen LogP contribution is -2.01. The van der Waals surface area contributed by atoms with Crippen LogP contribution in [0.4, 0.5) is 0 Å². The van der Waals surface area contributed by atoms with Crippen LogP contribution >= 0.6 is 24.4 Å². The monoisotopic (exact) mass is 337 g/mol. The fraction of sp³-hybridized carbons (Fsp3) is 1.00. The number of nitrogens with one attached hydrogen (secondary N) is 1. The van der Waals surface area contributed by atoms with Gasteiger partial charge in [0, 0.05) is 12.3 Å². The molecular weight excluding hydrogens is 298 g/mol. The summed E-state index contributed by atoms with van der Waals surface area (Å²) in [5.41, 5.74) is 0. The SMILES string of the molecule is CCCCCCCCCCCCCCCCSNCC.Cl. The van der Waals surface area contributed by atoms with Gasteiger partial charge in [-0.25, -0.2) is 0 Å². The molecule has 0 bridgehead atoms. The van der Waals surface area contributed by atoms with E-state index in [0.29, 0.717) is 0 Å². The summed E-state index contributed by atoms with van der Waals surface area (Å²) in [7, 11) is 0. The van der Waals surface area contributed by atoms with E-state index in [0.717, 1.165) is 6.54 Å². The zero-order valence-corrected chi connectivity index (χ0v) is 16.3. The molecule has 1 nitrogen and oxygen atoms in total. The largest absolute Gasteiger partial charge is 0.264 e. The summed E-state index contributed by atoms with van der Waals surface area (Å²) in [6.45, 7) is 5.54. The van der Waals surface area contributed by atoms with E-state index in [1.165, 1.54) is 95.6 Å². The maximum atomic E-state index is 3.31. The van der Waals surface area contributed by atoms with Gasteiger partial charge in [0.15, 0.2) is 0 Å². The number of hydrogen-bond donors (Lipinski definition) is 1. The van der Waals surface area contributed by atoms with Gasteiger partial charge in [-0.2, -0.15) is 0 Å². The Balaban J connectivity index is 0. The van der Waals surface area contributed by atoms with Crippen molar-refractivity contribution >= 4 is 24.4 Å². The van der Waals surface area contributed by atoms with Crippen LogP contribution in [0.15, 0.2) is 0 Å². The Morgan fingerprint density at radius 2 is 0.952 bits per heavy atom. The Hall–Kier alpha value is 0.600. The Kier molecular flexibility index (Phi) is 26.0. The first kappa shape index (κ1) is 23.9. The van der Waals surface area contributed by atoms with Crippen molar-refractivity contribution in [3.05, 3.63) is 0 Å². The summed E-state index contributed by atoms with van der Waals surface area (Å²) >= 11 is 1.89. The highest BCUT2D eigenvalue weighted by Gasteiger charge is 1.94. The molecular formula is C18H40ClNS. The molecule has 3 heteroatoms. The van der Waals surface area contributed by atoms with Crippen LogP contribution in [-0.4, -0.2) is 12.3 Å². The molecule has 0 aliphatic carbocycles. The van der Waals surface area contributed by atoms with Gasteiger partial charge in [0.05, 0.1) is 0 Å². The highest BCUT2D eigenvalue weighted by atomic mass is 35.5. The second-order valence-electron chi connectivity index (χ2n) is 5.94. The van der Waals surface area contributed by atoms with Crippen molar-refractivity contribution < 1.29 is 0 Å². The Morgan fingerprint density at radius 1 is 0.571 bits per heavy atom. The van der Waals surface area contributed by atoms with Crippen LogP contribution in [0.2, 0.25) is 0 Å². The summed E-state index contributed by atoms with van der Waals surface area (Å²) < 4.78 is 3.31. The van der Waals surface area contributed by atoms with Gasteiger partial charge in [0.2, 0.25) is 0 Å². The molecule has 21 heavy (non-hydrogen) atoms. The van der Waals surface area contributed by atoms with Gasteiger partial charge in [-0.05, 0) is 6.42 Å². The molecule has 0 rings (SSSR count). The molecule has 0 fully saturated rings. The van der Waals surface area contributed by atoms with Crippen LogP contribution in [0.5, 0.6) is 0 Å². The van der Waals surface area contributed by atoms with Crippen LogP contribution in [0.3, 0.4) is 0 Å². The number of hydrogen-bond acceptors (Lipinski definition) is 2. The Morgan fingerprint density at radius 3 is 1.33 bits per heavy atom. The fourth-order valence-electron chi connectivity index (χ4n) is 2.54. The molecule has 0 saturated heterocycles. The van der Waals surface area contributed by atoms with Crippen molar-refractivity contribution in [3.63, 3.8) is 0 Å². The summed E-state index contributed by atoms with van der Waals surface area (Å²) in [5.74, 6) is 1.28. The summed E-state index contributed by atoms with van der Waals surface area (Å²) in [6, 6.07) is 0. The van der Waals surface area contributed by atoms with Gasteiger partial charge < -0.3 is 0 Å². The zero-order chi connectivity index (χ0) is 14.7. The van der Waals surface area contributed by atoms with Gasteiger partial charge in [0.1, 0.15) is 0 Å². The molecule has 0 amide bonds. The van der Waals surface area contributed by atoms with Crippen LogP contribution in [0.1, 0.15) is 104 Å². The van der Waals surface area contributed by atoms with Crippen LogP contribution in [0, 0.1) is 0 Å². The maximum absolute atomic E-state index is 3.31. The summed E-state index contributed by atoms with van der Waals surface area (Å²) in [6.07, 6.45) is 20.3. The third-order valence-corrected chi connectivity index (χ3v) is 4.83. The third-order valence-electron chi connectivity index (χ3n) is 3.85. The van der Waals surface area contributed by atoms with Crippen LogP contribution in [0.25, 0.3) is 0 Å². The Bertz CT molecular complexity index is 149. The van der Waals surface area contributed by atoms with Crippen molar-refractivity contribution in [1.29, 1.82) is 0 Å². The first-order valence-electron chi connectivity index (χ1n) is 9.26. The minimum absolute atomic E-state index is 0. The predicted octanol–water partition coefficient (Wildman–Crippen LogP) is 7.15. The number of rotatable bonds is 17. The van der Waals surface area contributed by atoms with E-state index in [1.54, 1.807) is 0 Å². The van der Waals surface area contributed by atoms with E-state index < -0.39 is 0 Å². The van der Waals surface area contributed by atoms with Gasteiger partial charge in [0.25, 0.3) is 0 Å². The van der Waals surface area contributed by atoms with E-state index in [9.17, 15) is 0 Å². The van der Waals surface area contributed by atoms with Crippen molar-refractivity contribution in [1.82, 2.24) is 4.72 Å². The van der Waals surface area contributed by atoms with Gasteiger partial charge in [-0.1, -0.05) is 109 Å². The van der Waals surface area contributed by atoms with Crippen LogP contribution < -0.4 is 4.72 Å². The third kappa shape index (κ3) is 23.0. The summed E-state index contributed by atoms with van der Waals surface area (Å²) in [4.78, 5) is 0. The molecule has 0 aromatic carbocycles. The van der Waals surface area contributed by atoms with Crippen molar-refractivity contribution in [2.45, 2.75) is 104 Å². The van der Waals surface area contributed by atoms with E-state index in [1.807, 2.05) is 11.9 Å². The van der Waals surface area contributed by atoms with Gasteiger partial charge in [-0.3, -0.25) is 4.72 Å². The molecule has 0 aliphatic heterocycles. The molecule has 0 spiro atoms. The molecule has 0 aromatic heterocycles. The predicted molar refractivity (Wildman–Crippen MR) is 104 cm³/mol. The minimum atomic E-state index is 0. The average molecular weight is 338 g/mol. The quantitative estimate of drug-likeness (QED) is 0.223. The first-order chi connectivity index (χ1) is 9.91. The molecule has 130 valence electrons. The first-order valence-corrected chi connectivity index (χ1v) is 10.2. The highest BCUT2D eigenvalue weighted by molar-refractivity contribution is 7.97. The van der Waals surface area contributed by atoms with Crippen LogP contribution in [-0.2, 0) is 0 Å². The second kappa shape index (κ2) is 22.9. The summed E-state index contributed by atoms with van der Waals surface area (Å²) in [5, 5.41) is 0. The topological polar surface area (TPSA) is 12.0 Å². The van der Waals surface area contributed by atoms with Gasteiger partial charge >= 0.3 is 0 Å². The smallest absolute Gasteiger partial charge is 0.00786 e. The normalized spacial score (nSPS) is 10.6. The lowest BCUT2D eigenvalue weighted by Gasteiger charge is -2.03. The Labute approximate surface area is 145 Å². The lowest BCUT2D eigenvalue weighted by molar-refractivity contribution is 0.538. The molecule has 0 radical (unpaired) electrons.